The van der Waals surface area contributed by atoms with Crippen molar-refractivity contribution in [3.63, 3.8) is 0 Å². The zero-order chi connectivity index (χ0) is 30.7. The van der Waals surface area contributed by atoms with Crippen LogP contribution in [0.4, 0.5) is 8.78 Å². The van der Waals surface area contributed by atoms with E-state index in [9.17, 15) is 18.4 Å². The van der Waals surface area contributed by atoms with Crippen LogP contribution in [-0.2, 0) is 0 Å². The molecule has 2 aromatic carbocycles. The lowest BCUT2D eigenvalue weighted by Gasteiger charge is -2.28. The zero-order valence-electron chi connectivity index (χ0n) is 24.8. The number of aryl methyl sites for hydroxylation is 1. The van der Waals surface area contributed by atoms with Gasteiger partial charge in [0.05, 0.1) is 34.8 Å². The van der Waals surface area contributed by atoms with E-state index in [1.54, 1.807) is 28.1 Å². The Balaban J connectivity index is 1.76. The lowest BCUT2D eigenvalue weighted by molar-refractivity contribution is 0.0723. The Labute approximate surface area is 254 Å². The maximum absolute atomic E-state index is 14.5. The van der Waals surface area contributed by atoms with Crippen LogP contribution < -0.4 is 10.3 Å². The van der Waals surface area contributed by atoms with Gasteiger partial charge in [-0.3, -0.25) is 14.2 Å². The highest BCUT2D eigenvalue weighted by Crippen LogP contribution is 2.33. The van der Waals surface area contributed by atoms with Crippen LogP contribution in [0.25, 0.3) is 33.6 Å². The van der Waals surface area contributed by atoms with E-state index in [2.05, 4.69) is 0 Å². The van der Waals surface area contributed by atoms with Gasteiger partial charge in [0.25, 0.3) is 17.9 Å². The van der Waals surface area contributed by atoms with Gasteiger partial charge in [-0.1, -0.05) is 35.9 Å². The molecule has 43 heavy (non-hydrogen) atoms. The molecule has 0 radical (unpaired) electrons. The molecule has 4 aromatic rings. The highest BCUT2D eigenvalue weighted by Gasteiger charge is 2.27. The van der Waals surface area contributed by atoms with Crippen LogP contribution in [0.15, 0.2) is 64.3 Å². The number of aromatic nitrogens is 2. The normalized spacial score (nSPS) is 13.3. The molecule has 224 valence electrons. The summed E-state index contributed by atoms with van der Waals surface area (Å²) >= 11 is 1.28. The fourth-order valence-electron chi connectivity index (χ4n) is 5.29. The number of alkyl halides is 2. The Hall–Kier alpha value is -4.11. The molecule has 0 atom stereocenters. The molecule has 0 bridgehead atoms. The fourth-order valence-corrected chi connectivity index (χ4v) is 6.12. The van der Waals surface area contributed by atoms with Gasteiger partial charge in [0.1, 0.15) is 10.8 Å². The summed E-state index contributed by atoms with van der Waals surface area (Å²) in [6.45, 7) is 9.42. The van der Waals surface area contributed by atoms with E-state index in [1.807, 2.05) is 56.9 Å². The molecule has 0 spiro atoms. The third kappa shape index (κ3) is 6.46. The largest absolute Gasteiger partial charge is 0.492 e. The molecule has 3 heterocycles. The number of allylic oxidation sites excluding steroid dienone is 1. The summed E-state index contributed by atoms with van der Waals surface area (Å²) in [5, 5.41) is 2.24. The zero-order valence-corrected chi connectivity index (χ0v) is 25.6. The molecule has 0 unspecified atom stereocenters. The maximum Gasteiger partial charge on any atom is 0.266 e. The highest BCUT2D eigenvalue weighted by molar-refractivity contribution is 7.13. The Morgan fingerprint density at radius 1 is 1.07 bits per heavy atom. The molecule has 1 saturated heterocycles. The number of pyridine rings is 1. The predicted octanol–water partition coefficient (Wildman–Crippen LogP) is 8.32. The minimum atomic E-state index is -2.56. The Kier molecular flexibility index (Phi) is 9.20. The van der Waals surface area contributed by atoms with Crippen LogP contribution in [0.1, 0.15) is 73.6 Å². The highest BCUT2D eigenvalue weighted by atomic mass is 32.1. The van der Waals surface area contributed by atoms with Gasteiger partial charge in [-0.2, -0.15) is 0 Å². The SMILES string of the molecule is CCOc1ccc(C)cc1-n1c(C=C(C)C)c(C(=O)N2CCCCC2)cc(-c2nc(-c3ccc(C(F)F)cc3)cs2)c1=O. The Bertz CT molecular complexity index is 1710. The van der Waals surface area contributed by atoms with E-state index < -0.39 is 6.43 Å². The summed E-state index contributed by atoms with van der Waals surface area (Å²) < 4.78 is 33.8. The second kappa shape index (κ2) is 13.0. The van der Waals surface area contributed by atoms with Crippen LogP contribution in [0.3, 0.4) is 0 Å². The molecule has 5 rings (SSSR count). The molecule has 1 fully saturated rings. The van der Waals surface area contributed by atoms with Gasteiger partial charge in [0.15, 0.2) is 0 Å². The molecule has 2 aromatic heterocycles. The first kappa shape index (κ1) is 30.4. The van der Waals surface area contributed by atoms with Crippen LogP contribution in [0.2, 0.25) is 0 Å². The van der Waals surface area contributed by atoms with E-state index in [4.69, 9.17) is 9.72 Å². The van der Waals surface area contributed by atoms with Crippen molar-refractivity contribution >= 4 is 23.3 Å². The third-order valence-electron chi connectivity index (χ3n) is 7.39. The number of nitrogens with zero attached hydrogens (tertiary/aromatic N) is 3. The summed E-state index contributed by atoms with van der Waals surface area (Å²) in [6.07, 6.45) is 2.26. The van der Waals surface area contributed by atoms with Gasteiger partial charge in [-0.05, 0) is 76.8 Å². The van der Waals surface area contributed by atoms with Crippen molar-refractivity contribution in [1.29, 1.82) is 0 Å². The number of rotatable bonds is 8. The van der Waals surface area contributed by atoms with Crippen LogP contribution in [0, 0.1) is 6.92 Å². The molecule has 0 aliphatic carbocycles. The van der Waals surface area contributed by atoms with Crippen LogP contribution in [-0.4, -0.2) is 40.1 Å². The molecule has 0 N–H and O–H groups in total. The summed E-state index contributed by atoms with van der Waals surface area (Å²) in [4.78, 5) is 35.2. The first-order chi connectivity index (χ1) is 20.7. The number of thiazole rings is 1. The molecule has 1 amide bonds. The van der Waals surface area contributed by atoms with E-state index in [0.717, 1.165) is 30.4 Å². The Morgan fingerprint density at radius 2 is 1.79 bits per heavy atom. The molecule has 1 aliphatic rings. The van der Waals surface area contributed by atoms with Gasteiger partial charge in [0, 0.05) is 29.6 Å². The second-order valence-corrected chi connectivity index (χ2v) is 11.8. The Morgan fingerprint density at radius 3 is 2.44 bits per heavy atom. The van der Waals surface area contributed by atoms with Crippen molar-refractivity contribution < 1.29 is 18.3 Å². The van der Waals surface area contributed by atoms with Crippen LogP contribution in [0.5, 0.6) is 5.75 Å². The molecular weight excluding hydrogens is 568 g/mol. The van der Waals surface area contributed by atoms with Gasteiger partial charge in [-0.15, -0.1) is 11.3 Å². The number of piperidine rings is 1. The minimum Gasteiger partial charge on any atom is -0.492 e. The van der Waals surface area contributed by atoms with Crippen LogP contribution >= 0.6 is 11.3 Å². The minimum absolute atomic E-state index is 0.0684. The molecule has 0 saturated carbocycles. The molecule has 1 aliphatic heterocycles. The van der Waals surface area contributed by atoms with Crippen molar-refractivity contribution in [3.8, 4) is 33.3 Å². The second-order valence-electron chi connectivity index (χ2n) is 10.9. The van der Waals surface area contributed by atoms with E-state index in [-0.39, 0.29) is 22.6 Å². The number of ether oxygens (including phenoxy) is 1. The number of likely N-dealkylation sites (tertiary alicyclic amines) is 1. The monoisotopic (exact) mass is 603 g/mol. The molecular formula is C34H35F2N3O3S. The van der Waals surface area contributed by atoms with Gasteiger partial charge >= 0.3 is 0 Å². The van der Waals surface area contributed by atoms with Crippen molar-refractivity contribution in [2.24, 2.45) is 0 Å². The van der Waals surface area contributed by atoms with Crippen molar-refractivity contribution in [1.82, 2.24) is 14.5 Å². The number of hydrogen-bond acceptors (Lipinski definition) is 5. The lowest BCUT2D eigenvalue weighted by atomic mass is 10.0. The van der Waals surface area contributed by atoms with E-state index in [0.29, 0.717) is 58.7 Å². The van der Waals surface area contributed by atoms with E-state index in [1.165, 1.54) is 23.5 Å². The van der Waals surface area contributed by atoms with Gasteiger partial charge in [-0.25, -0.2) is 13.8 Å². The molecule has 9 heteroatoms. The van der Waals surface area contributed by atoms with Gasteiger partial charge in [0.2, 0.25) is 0 Å². The maximum atomic E-state index is 14.5. The number of benzene rings is 2. The number of amides is 1. The summed E-state index contributed by atoms with van der Waals surface area (Å²) in [7, 11) is 0. The van der Waals surface area contributed by atoms with Gasteiger partial charge < -0.3 is 9.64 Å². The van der Waals surface area contributed by atoms with Crippen molar-refractivity contribution in [2.75, 3.05) is 19.7 Å². The number of carbonyl (C=O) groups is 1. The standard InChI is InChI=1S/C34H35F2N3O3S/c1-5-42-30-14-9-22(4)18-29(30)39-28(17-21(2)3)25(33(40)38-15-7-6-8-16-38)19-26(34(39)41)32-37-27(20-43-32)23-10-12-24(13-11-23)31(35)36/h9-14,17-20,31H,5-8,15-16H2,1-4H3. The van der Waals surface area contributed by atoms with Crippen molar-refractivity contribution in [3.05, 3.63) is 92.2 Å². The first-order valence-corrected chi connectivity index (χ1v) is 15.4. The number of hydrogen-bond donors (Lipinski definition) is 0. The van der Waals surface area contributed by atoms with Crippen molar-refractivity contribution in [2.45, 2.75) is 53.4 Å². The molecule has 6 nitrogen and oxygen atoms in total. The summed E-state index contributed by atoms with van der Waals surface area (Å²) in [5.41, 5.74) is 4.45. The fraction of sp³-hybridized carbons (Fsp3) is 0.324. The first-order valence-electron chi connectivity index (χ1n) is 14.5. The lowest BCUT2D eigenvalue weighted by Crippen LogP contribution is -2.37. The number of halogens is 2. The smallest absolute Gasteiger partial charge is 0.266 e. The topological polar surface area (TPSA) is 64.4 Å². The quantitative estimate of drug-likeness (QED) is 0.203. The predicted molar refractivity (Wildman–Crippen MR) is 169 cm³/mol. The third-order valence-corrected chi connectivity index (χ3v) is 8.26. The summed E-state index contributed by atoms with van der Waals surface area (Å²) in [5.74, 6) is 0.401. The van der Waals surface area contributed by atoms with E-state index >= 15 is 0 Å². The average molecular weight is 604 g/mol. The summed E-state index contributed by atoms with van der Waals surface area (Å²) in [6, 6.07) is 13.3. The average Bonchev–Trinajstić information content (AvgIpc) is 3.48. The number of carbonyl (C=O) groups excluding carboxylic acids is 1.